The molecule has 26 nitrogen and oxygen atoms in total. The first kappa shape index (κ1) is 88.7. The van der Waals surface area contributed by atoms with Crippen LogP contribution in [0.15, 0.2) is 194 Å². The van der Waals surface area contributed by atoms with E-state index in [4.69, 9.17) is 79.8 Å². The Bertz CT molecular complexity index is 4130. The number of phenols is 1. The number of carbonyl (C=O) groups excluding carboxylic acids is 10. The normalized spacial score (nSPS) is 10.2. The lowest BCUT2D eigenvalue weighted by Gasteiger charge is -2.16. The van der Waals surface area contributed by atoms with Crippen LogP contribution in [0.2, 0.25) is 0 Å². The number of aromatic hydroxyl groups is 1. The summed E-state index contributed by atoms with van der Waals surface area (Å²) in [7, 11) is -3.60. The molecule has 2 N–H and O–H groups in total. The number of phenolic OH excluding ortho intramolecular Hbond substituents is 1. The molecule has 103 heavy (non-hydrogen) atoms. The summed E-state index contributed by atoms with van der Waals surface area (Å²) in [5.74, 6) is -2.27. The number of ether oxygens (including phenoxy) is 7. The zero-order valence-corrected chi connectivity index (χ0v) is 59.5. The summed E-state index contributed by atoms with van der Waals surface area (Å²) < 4.78 is 83.0. The van der Waals surface area contributed by atoms with E-state index in [1.165, 1.54) is 113 Å². The zero-order chi connectivity index (χ0) is 75.6. The van der Waals surface area contributed by atoms with Gasteiger partial charge in [-0.25, -0.2) is 23.5 Å². The van der Waals surface area contributed by atoms with Crippen molar-refractivity contribution in [1.82, 2.24) is 0 Å². The lowest BCUT2D eigenvalue weighted by Crippen LogP contribution is -2.12. The van der Waals surface area contributed by atoms with E-state index >= 15 is 0 Å². The number of esters is 7. The molecule has 0 aliphatic heterocycles. The zero-order valence-electron chi connectivity index (χ0n) is 56.2. The molecule has 0 heterocycles. The van der Waals surface area contributed by atoms with E-state index in [9.17, 15) is 57.1 Å². The Morgan fingerprint density at radius 2 is 0.670 bits per heavy atom. The van der Waals surface area contributed by atoms with E-state index < -0.39 is 61.8 Å². The minimum absolute atomic E-state index is 0. The molecule has 0 unspecified atom stereocenters. The molecule has 0 fully saturated rings. The van der Waals surface area contributed by atoms with Crippen molar-refractivity contribution in [2.75, 3.05) is 26.4 Å². The molecule has 8 aromatic rings. The molecule has 0 saturated carbocycles. The number of aliphatic hydroxyl groups is 1. The van der Waals surface area contributed by atoms with Crippen LogP contribution < -0.4 is 33.2 Å². The third kappa shape index (κ3) is 34.7. The summed E-state index contributed by atoms with van der Waals surface area (Å²) in [5, 5.41) is 17.0. The molecule has 0 spiro atoms. The van der Waals surface area contributed by atoms with Gasteiger partial charge in [-0.3, -0.25) is 56.2 Å². The molecule has 0 aromatic heterocycles. The van der Waals surface area contributed by atoms with Crippen molar-refractivity contribution in [3.8, 4) is 46.0 Å². The molecule has 0 amide bonds. The SMILES string of the molecule is C.CC(=O)Oc1ccccc1C(=O)Cl.CC(=O)Oc1ccccc1C(=O)Oc1ccc(C=O)cc1.CC(=O)Oc1ccccc1C(=O)Oc1ccc(CO)cc1.CCOP(=O)(Cl)OCC.CCOP(=O)(OCC)OCc1ccc(OC(=O)c2ccccc2OC(C)=O)cc1.O=Cc1ccc(O)cc1. The highest BCUT2D eigenvalue weighted by atomic mass is 35.7. The first-order valence-corrected chi connectivity index (χ1v) is 34.6. The molecular formula is C73H76Cl2O26P2. The number of aldehydes is 2. The van der Waals surface area contributed by atoms with E-state index in [0.717, 1.165) is 11.8 Å². The molecule has 0 radical (unpaired) electrons. The topological polar surface area (TPSA) is 356 Å². The quantitative estimate of drug-likeness (QED) is 0.0176. The summed E-state index contributed by atoms with van der Waals surface area (Å²) in [6.45, 7) is 9.51. The maximum Gasteiger partial charge on any atom is 0.475 e. The minimum atomic E-state index is -3.60. The van der Waals surface area contributed by atoms with Crippen LogP contribution in [0.4, 0.5) is 0 Å². The molecular weight excluding hydrogens is 1430 g/mol. The number of aliphatic hydroxyl groups excluding tert-OH is 1. The molecule has 0 bridgehead atoms. The van der Waals surface area contributed by atoms with Crippen LogP contribution in [0.1, 0.15) is 136 Å². The lowest BCUT2D eigenvalue weighted by molar-refractivity contribution is -0.132. The average molecular weight is 1500 g/mol. The summed E-state index contributed by atoms with van der Waals surface area (Å²) in [6.07, 6.45) is 1.43. The van der Waals surface area contributed by atoms with Gasteiger partial charge in [0.15, 0.2) is 0 Å². The second-order valence-electron chi connectivity index (χ2n) is 19.5. The summed E-state index contributed by atoms with van der Waals surface area (Å²) in [4.78, 5) is 112. The number of phosphoric ester groups is 1. The highest BCUT2D eigenvalue weighted by molar-refractivity contribution is 7.81. The fraction of sp³-hybridized carbons (Fsp3) is 0.205. The van der Waals surface area contributed by atoms with Crippen LogP contribution in [0.25, 0.3) is 0 Å². The number of carbonyl (C=O) groups is 10. The van der Waals surface area contributed by atoms with Gasteiger partial charge in [-0.2, -0.15) is 0 Å². The second kappa shape index (κ2) is 47.7. The summed E-state index contributed by atoms with van der Waals surface area (Å²) in [5.41, 5.74) is 3.10. The number of hydrogen-bond acceptors (Lipinski definition) is 26. The van der Waals surface area contributed by atoms with E-state index in [1.807, 2.05) is 0 Å². The second-order valence-corrected chi connectivity index (χ2v) is 24.1. The molecule has 548 valence electrons. The van der Waals surface area contributed by atoms with Gasteiger partial charge < -0.3 is 43.4 Å². The molecule has 0 aliphatic rings. The van der Waals surface area contributed by atoms with Crippen molar-refractivity contribution in [3.05, 3.63) is 239 Å². The van der Waals surface area contributed by atoms with Gasteiger partial charge in [0.05, 0.1) is 45.2 Å². The number of benzene rings is 8. The third-order valence-electron chi connectivity index (χ3n) is 11.7. The maximum atomic E-state index is 12.4. The Morgan fingerprint density at radius 3 is 0.961 bits per heavy atom. The predicted octanol–water partition coefficient (Wildman–Crippen LogP) is 15.7. The van der Waals surface area contributed by atoms with Crippen molar-refractivity contribution in [2.45, 2.75) is 76.0 Å². The van der Waals surface area contributed by atoms with Gasteiger partial charge in [-0.05, 0) is 172 Å². The first-order valence-electron chi connectivity index (χ1n) is 30.3. The maximum absolute atomic E-state index is 12.4. The van der Waals surface area contributed by atoms with Gasteiger partial charge in [0, 0.05) is 50.1 Å². The molecule has 0 saturated heterocycles. The number of halogens is 2. The van der Waals surface area contributed by atoms with Gasteiger partial charge in [0.2, 0.25) is 0 Å². The van der Waals surface area contributed by atoms with E-state index in [-0.39, 0.29) is 90.6 Å². The Hall–Kier alpha value is -10.3. The standard InChI is InChI=1S/C20H23O8P.C16H14O5.C16H12O5.C9H7ClO3.C7H6O2.C4H10ClO3P.CH4/c1-4-24-29(23,25-5-2)26-14-16-10-12-17(13-11-16)28-20(22)18-8-6-7-9-19(18)27-15(3)21;2*1-11(18)20-15-5-3-2-4-14(15)16(19)21-13-8-6-12(10-17)7-9-13;1-6(11)13-8-5-3-2-4-7(8)9(10)12;8-5-6-1-3-7(9)4-2-6;1-3-7-9(5,6)8-4-2;/h6-13H,4-5,14H2,1-3H3;2-9,17H,10H2,1H3;2-10H,1H3;2-5H,1H3;1-5,9H;3-4H2,1-2H3;1H4. The van der Waals surface area contributed by atoms with Crippen LogP contribution in [0, 0.1) is 0 Å². The van der Waals surface area contributed by atoms with Crippen molar-refractivity contribution in [3.63, 3.8) is 0 Å². The van der Waals surface area contributed by atoms with Crippen LogP contribution in [-0.2, 0) is 64.1 Å². The Morgan fingerprint density at radius 1 is 0.388 bits per heavy atom. The minimum Gasteiger partial charge on any atom is -0.508 e. The van der Waals surface area contributed by atoms with Gasteiger partial charge in [-0.1, -0.05) is 80.2 Å². The highest BCUT2D eigenvalue weighted by Gasteiger charge is 2.26. The summed E-state index contributed by atoms with van der Waals surface area (Å²) >= 11 is 10.5. The lowest BCUT2D eigenvalue weighted by atomic mass is 10.2. The molecule has 30 heteroatoms. The fourth-order valence-corrected chi connectivity index (χ4v) is 10.0. The number of para-hydroxylation sites is 4. The Labute approximate surface area is 604 Å². The van der Waals surface area contributed by atoms with Crippen molar-refractivity contribution >= 4 is 97.2 Å². The molecule has 0 atom stereocenters. The fourth-order valence-electron chi connectivity index (χ4n) is 7.41. The van der Waals surface area contributed by atoms with E-state index in [0.29, 0.717) is 47.7 Å². The van der Waals surface area contributed by atoms with Crippen LogP contribution >= 0.6 is 37.6 Å². The number of rotatable bonds is 25. The predicted molar refractivity (Wildman–Crippen MR) is 379 cm³/mol. The Balaban J connectivity index is 0.000000439. The van der Waals surface area contributed by atoms with Crippen molar-refractivity contribution in [1.29, 1.82) is 0 Å². The smallest absolute Gasteiger partial charge is 0.475 e. The molecule has 0 aliphatic carbocycles. The highest BCUT2D eigenvalue weighted by Crippen LogP contribution is 2.53. The number of hydrogen-bond donors (Lipinski definition) is 2. The first-order chi connectivity index (χ1) is 48.6. The van der Waals surface area contributed by atoms with Crippen molar-refractivity contribution < 1.29 is 123 Å². The third-order valence-corrected chi connectivity index (χ3v) is 15.2. The summed E-state index contributed by atoms with van der Waals surface area (Å²) in [6, 6.07) is 50.3. The Kier molecular flexibility index (Phi) is 41.1. The average Bonchev–Trinajstić information content (AvgIpc) is 0.860. The van der Waals surface area contributed by atoms with Crippen LogP contribution in [-0.4, -0.2) is 96.2 Å². The van der Waals surface area contributed by atoms with Gasteiger partial charge in [-0.15, -0.1) is 0 Å². The van der Waals surface area contributed by atoms with Crippen LogP contribution in [0.5, 0.6) is 46.0 Å². The monoisotopic (exact) mass is 1500 g/mol. The molecule has 8 rings (SSSR count). The van der Waals surface area contributed by atoms with Crippen LogP contribution in [0.3, 0.4) is 0 Å². The number of phosphoric acid groups is 1. The van der Waals surface area contributed by atoms with Crippen molar-refractivity contribution in [2.24, 2.45) is 0 Å². The van der Waals surface area contributed by atoms with E-state index in [1.54, 1.807) is 137 Å². The van der Waals surface area contributed by atoms with Gasteiger partial charge in [0.1, 0.15) is 75.3 Å². The largest absolute Gasteiger partial charge is 0.508 e. The molecule has 8 aromatic carbocycles. The van der Waals surface area contributed by atoms with Gasteiger partial charge in [0.25, 0.3) is 5.24 Å². The van der Waals surface area contributed by atoms with E-state index in [2.05, 4.69) is 9.05 Å². The van der Waals surface area contributed by atoms with Gasteiger partial charge >= 0.3 is 56.6 Å².